The normalized spacial score (nSPS) is 19.4. The van der Waals surface area contributed by atoms with Gasteiger partial charge in [0, 0.05) is 43.5 Å². The summed E-state index contributed by atoms with van der Waals surface area (Å²) in [7, 11) is 1.71. The third-order valence-electron chi connectivity index (χ3n) is 3.52. The molecule has 0 aliphatic carbocycles. The first-order chi connectivity index (χ1) is 9.72. The number of methoxy groups -OCH3 is 1. The van der Waals surface area contributed by atoms with Crippen LogP contribution in [0.3, 0.4) is 0 Å². The van der Waals surface area contributed by atoms with Crippen LogP contribution >= 0.6 is 11.6 Å². The summed E-state index contributed by atoms with van der Waals surface area (Å²) in [5, 5.41) is 4.16. The third kappa shape index (κ3) is 4.09. The van der Waals surface area contributed by atoms with Gasteiger partial charge in [-0.25, -0.2) is 0 Å². The van der Waals surface area contributed by atoms with Crippen molar-refractivity contribution in [2.24, 2.45) is 0 Å². The molecule has 1 saturated heterocycles. The Kier molecular flexibility index (Phi) is 6.10. The minimum atomic E-state index is 0.391. The van der Waals surface area contributed by atoms with Crippen molar-refractivity contribution in [1.82, 2.24) is 5.32 Å². The lowest BCUT2D eigenvalue weighted by molar-refractivity contribution is 0.0988. The van der Waals surface area contributed by atoms with Gasteiger partial charge in [0.05, 0.1) is 19.8 Å². The molecule has 5 heteroatoms. The SMILES string of the molecule is COCCNCc1cc(Cl)ccc1N1CCOCC1C. The molecule has 1 aromatic carbocycles. The molecule has 1 fully saturated rings. The molecule has 0 spiro atoms. The maximum Gasteiger partial charge on any atom is 0.0668 e. The van der Waals surface area contributed by atoms with Gasteiger partial charge in [-0.05, 0) is 30.7 Å². The highest BCUT2D eigenvalue weighted by Gasteiger charge is 2.21. The predicted octanol–water partition coefficient (Wildman–Crippen LogP) is 2.30. The van der Waals surface area contributed by atoms with Gasteiger partial charge in [-0.3, -0.25) is 0 Å². The van der Waals surface area contributed by atoms with E-state index in [-0.39, 0.29) is 0 Å². The first-order valence-electron chi connectivity index (χ1n) is 7.05. The standard InChI is InChI=1S/C15H23ClN2O2/c1-12-11-20-8-6-18(12)15-4-3-14(16)9-13(15)10-17-5-7-19-2/h3-4,9,12,17H,5-8,10-11H2,1-2H3. The summed E-state index contributed by atoms with van der Waals surface area (Å²) in [5.41, 5.74) is 2.47. The highest BCUT2D eigenvalue weighted by atomic mass is 35.5. The Balaban J connectivity index is 2.10. The number of nitrogens with one attached hydrogen (secondary N) is 1. The maximum atomic E-state index is 6.14. The van der Waals surface area contributed by atoms with Gasteiger partial charge in [0.15, 0.2) is 0 Å². The maximum absolute atomic E-state index is 6.14. The summed E-state index contributed by atoms with van der Waals surface area (Å²) in [4.78, 5) is 2.40. The number of morpholine rings is 1. The van der Waals surface area contributed by atoms with Crippen molar-refractivity contribution in [2.75, 3.05) is 44.9 Å². The molecule has 112 valence electrons. The fourth-order valence-electron chi connectivity index (χ4n) is 2.46. The van der Waals surface area contributed by atoms with Gasteiger partial charge in [-0.15, -0.1) is 0 Å². The second kappa shape index (κ2) is 7.84. The lowest BCUT2D eigenvalue weighted by Crippen LogP contribution is -2.44. The van der Waals surface area contributed by atoms with Crippen molar-refractivity contribution in [1.29, 1.82) is 0 Å². The Labute approximate surface area is 126 Å². The molecule has 0 radical (unpaired) electrons. The number of ether oxygens (including phenoxy) is 2. The molecule has 4 nitrogen and oxygen atoms in total. The molecule has 0 amide bonds. The molecule has 0 bridgehead atoms. The van der Waals surface area contributed by atoms with Gasteiger partial charge in [-0.1, -0.05) is 11.6 Å². The van der Waals surface area contributed by atoms with Crippen LogP contribution in [0, 0.1) is 0 Å². The van der Waals surface area contributed by atoms with Gasteiger partial charge < -0.3 is 19.7 Å². The van der Waals surface area contributed by atoms with E-state index >= 15 is 0 Å². The number of hydrogen-bond donors (Lipinski definition) is 1. The minimum Gasteiger partial charge on any atom is -0.383 e. The van der Waals surface area contributed by atoms with Crippen molar-refractivity contribution in [2.45, 2.75) is 19.5 Å². The van der Waals surface area contributed by atoms with Gasteiger partial charge in [0.25, 0.3) is 0 Å². The molecule has 1 unspecified atom stereocenters. The molecule has 0 aromatic heterocycles. The number of anilines is 1. The second-order valence-electron chi connectivity index (χ2n) is 5.06. The monoisotopic (exact) mass is 298 g/mol. The summed E-state index contributed by atoms with van der Waals surface area (Å²) < 4.78 is 10.6. The summed E-state index contributed by atoms with van der Waals surface area (Å²) >= 11 is 6.14. The zero-order chi connectivity index (χ0) is 14.4. The number of hydrogen-bond acceptors (Lipinski definition) is 4. The largest absolute Gasteiger partial charge is 0.383 e. The van der Waals surface area contributed by atoms with E-state index in [9.17, 15) is 0 Å². The van der Waals surface area contributed by atoms with Crippen LogP contribution in [0.1, 0.15) is 12.5 Å². The van der Waals surface area contributed by atoms with Crippen LogP contribution in [0.4, 0.5) is 5.69 Å². The third-order valence-corrected chi connectivity index (χ3v) is 3.75. The molecule has 1 heterocycles. The average Bonchev–Trinajstić information content (AvgIpc) is 2.45. The van der Waals surface area contributed by atoms with Crippen molar-refractivity contribution in [3.8, 4) is 0 Å². The summed E-state index contributed by atoms with van der Waals surface area (Å²) in [5.74, 6) is 0. The number of benzene rings is 1. The van der Waals surface area contributed by atoms with Crippen LogP contribution in [-0.2, 0) is 16.0 Å². The smallest absolute Gasteiger partial charge is 0.0668 e. The minimum absolute atomic E-state index is 0.391. The van der Waals surface area contributed by atoms with Crippen LogP contribution in [0.25, 0.3) is 0 Å². The number of halogens is 1. The topological polar surface area (TPSA) is 33.7 Å². The molecule has 1 aliphatic rings. The average molecular weight is 299 g/mol. The van der Waals surface area contributed by atoms with Crippen molar-refractivity contribution in [3.63, 3.8) is 0 Å². The van der Waals surface area contributed by atoms with E-state index in [0.717, 1.165) is 37.9 Å². The van der Waals surface area contributed by atoms with E-state index in [1.54, 1.807) is 7.11 Å². The zero-order valence-electron chi connectivity index (χ0n) is 12.2. The number of nitrogens with zero attached hydrogens (tertiary/aromatic N) is 1. The van der Waals surface area contributed by atoms with Crippen molar-refractivity contribution >= 4 is 17.3 Å². The van der Waals surface area contributed by atoms with Crippen LogP contribution in [0.2, 0.25) is 5.02 Å². The zero-order valence-corrected chi connectivity index (χ0v) is 12.9. The quantitative estimate of drug-likeness (QED) is 0.817. The summed E-state index contributed by atoms with van der Waals surface area (Å²) in [6, 6.07) is 6.50. The first kappa shape index (κ1) is 15.6. The van der Waals surface area contributed by atoms with E-state index in [2.05, 4.69) is 23.2 Å². The Morgan fingerprint density at radius 1 is 1.50 bits per heavy atom. The molecular weight excluding hydrogens is 276 g/mol. The van der Waals surface area contributed by atoms with Crippen molar-refractivity contribution in [3.05, 3.63) is 28.8 Å². The summed E-state index contributed by atoms with van der Waals surface area (Å²) in [6.45, 7) is 7.01. The fourth-order valence-corrected chi connectivity index (χ4v) is 2.65. The van der Waals surface area contributed by atoms with E-state index in [1.165, 1.54) is 11.3 Å². The van der Waals surface area contributed by atoms with Gasteiger partial charge in [0.1, 0.15) is 0 Å². The first-order valence-corrected chi connectivity index (χ1v) is 7.42. The molecular formula is C15H23ClN2O2. The predicted molar refractivity (Wildman–Crippen MR) is 82.7 cm³/mol. The van der Waals surface area contributed by atoms with Crippen LogP contribution in [0.5, 0.6) is 0 Å². The van der Waals surface area contributed by atoms with Crippen LogP contribution in [-0.4, -0.2) is 46.1 Å². The molecule has 2 rings (SSSR count). The van der Waals surface area contributed by atoms with E-state index in [0.29, 0.717) is 12.6 Å². The molecule has 1 aromatic rings. The fraction of sp³-hybridized carbons (Fsp3) is 0.600. The lowest BCUT2D eigenvalue weighted by Gasteiger charge is -2.36. The van der Waals surface area contributed by atoms with Gasteiger partial charge in [0.2, 0.25) is 0 Å². The molecule has 1 N–H and O–H groups in total. The lowest BCUT2D eigenvalue weighted by atomic mass is 10.1. The molecule has 0 saturated carbocycles. The Morgan fingerprint density at radius 2 is 2.35 bits per heavy atom. The van der Waals surface area contributed by atoms with Gasteiger partial charge in [-0.2, -0.15) is 0 Å². The molecule has 1 aliphatic heterocycles. The number of rotatable bonds is 6. The molecule has 1 atom stereocenters. The van der Waals surface area contributed by atoms with E-state index in [4.69, 9.17) is 21.1 Å². The highest BCUT2D eigenvalue weighted by Crippen LogP contribution is 2.27. The van der Waals surface area contributed by atoms with E-state index < -0.39 is 0 Å². The van der Waals surface area contributed by atoms with Crippen LogP contribution in [0.15, 0.2) is 18.2 Å². The van der Waals surface area contributed by atoms with Crippen molar-refractivity contribution < 1.29 is 9.47 Å². The Hall–Kier alpha value is -0.810. The Bertz CT molecular complexity index is 428. The highest BCUT2D eigenvalue weighted by molar-refractivity contribution is 6.30. The van der Waals surface area contributed by atoms with E-state index in [1.807, 2.05) is 12.1 Å². The molecule has 20 heavy (non-hydrogen) atoms. The summed E-state index contributed by atoms with van der Waals surface area (Å²) in [6.07, 6.45) is 0. The van der Waals surface area contributed by atoms with Gasteiger partial charge >= 0.3 is 0 Å². The second-order valence-corrected chi connectivity index (χ2v) is 5.50. The van der Waals surface area contributed by atoms with Crippen LogP contribution < -0.4 is 10.2 Å². The Morgan fingerprint density at radius 3 is 3.10 bits per heavy atom.